The number of carbonyl (C=O) groups is 1. The fraction of sp³-hybridized carbons (Fsp3) is 0.480. The summed E-state index contributed by atoms with van der Waals surface area (Å²) in [5, 5.41) is 2.76. The number of sulfonamides is 1. The minimum absolute atomic E-state index is 0.00830. The van der Waals surface area contributed by atoms with Gasteiger partial charge in [0.1, 0.15) is 18.1 Å². The van der Waals surface area contributed by atoms with Crippen molar-refractivity contribution < 1.29 is 27.1 Å². The average molecular weight is 493 g/mol. The molecule has 2 aromatic carbocycles. The van der Waals surface area contributed by atoms with Gasteiger partial charge in [0.25, 0.3) is 10.0 Å². The van der Waals surface area contributed by atoms with Crippen molar-refractivity contribution >= 4 is 21.6 Å². The SMILES string of the molecule is CCOc1ccc(S(=O)(=O)N(CC(=O)NCCCOC2CCCCC2)c2ccc(F)cc2)cc1. The quantitative estimate of drug-likeness (QED) is 0.447. The van der Waals surface area contributed by atoms with Crippen LogP contribution in [-0.4, -0.2) is 46.7 Å². The maximum absolute atomic E-state index is 13.4. The lowest BCUT2D eigenvalue weighted by atomic mass is 9.98. The van der Waals surface area contributed by atoms with Gasteiger partial charge in [0.05, 0.1) is 23.3 Å². The minimum atomic E-state index is -4.07. The first-order chi connectivity index (χ1) is 16.4. The summed E-state index contributed by atoms with van der Waals surface area (Å²) in [5.74, 6) is -0.399. The van der Waals surface area contributed by atoms with E-state index in [2.05, 4.69) is 5.32 Å². The lowest BCUT2D eigenvalue weighted by Gasteiger charge is -2.24. The Kier molecular flexibility index (Phi) is 9.71. The molecule has 1 fully saturated rings. The molecule has 1 saturated carbocycles. The molecule has 7 nitrogen and oxygen atoms in total. The summed E-state index contributed by atoms with van der Waals surface area (Å²) in [5.41, 5.74) is 0.200. The molecule has 0 heterocycles. The first kappa shape index (κ1) is 26.0. The number of halogens is 1. The van der Waals surface area contributed by atoms with Gasteiger partial charge in [-0.3, -0.25) is 9.10 Å². The second kappa shape index (κ2) is 12.7. The molecule has 34 heavy (non-hydrogen) atoms. The van der Waals surface area contributed by atoms with Crippen molar-refractivity contribution in [2.24, 2.45) is 0 Å². The Hall–Kier alpha value is -2.65. The van der Waals surface area contributed by atoms with E-state index in [0.717, 1.165) is 29.3 Å². The lowest BCUT2D eigenvalue weighted by Crippen LogP contribution is -2.41. The lowest BCUT2D eigenvalue weighted by molar-refractivity contribution is -0.119. The largest absolute Gasteiger partial charge is 0.494 e. The maximum atomic E-state index is 13.4. The first-order valence-corrected chi connectivity index (χ1v) is 13.2. The molecule has 1 N–H and O–H groups in total. The maximum Gasteiger partial charge on any atom is 0.264 e. The molecule has 1 amide bonds. The van der Waals surface area contributed by atoms with Gasteiger partial charge in [-0.2, -0.15) is 0 Å². The zero-order valence-electron chi connectivity index (χ0n) is 19.5. The van der Waals surface area contributed by atoms with E-state index in [9.17, 15) is 17.6 Å². The standard InChI is InChI=1S/C25H33FN2O5S/c1-2-32-23-13-15-24(16-14-23)34(30,31)28(21-11-9-20(26)10-12-21)19-25(29)27-17-6-18-33-22-7-4-3-5-8-22/h9-16,22H,2-8,17-19H2,1H3,(H,27,29). The van der Waals surface area contributed by atoms with Crippen LogP contribution in [0.5, 0.6) is 5.75 Å². The molecular formula is C25H33FN2O5S. The molecular weight excluding hydrogens is 459 g/mol. The van der Waals surface area contributed by atoms with E-state index in [0.29, 0.717) is 38.0 Å². The number of hydrogen-bond acceptors (Lipinski definition) is 5. The Bertz CT molecular complexity index is 1010. The van der Waals surface area contributed by atoms with E-state index in [-0.39, 0.29) is 10.6 Å². The van der Waals surface area contributed by atoms with Gasteiger partial charge in [0.15, 0.2) is 0 Å². The van der Waals surface area contributed by atoms with Crippen LogP contribution in [0.25, 0.3) is 0 Å². The average Bonchev–Trinajstić information content (AvgIpc) is 2.84. The molecule has 0 aliphatic heterocycles. The second-order valence-corrected chi connectivity index (χ2v) is 10.1. The Labute approximate surface area is 201 Å². The molecule has 9 heteroatoms. The molecule has 0 spiro atoms. The molecule has 186 valence electrons. The van der Waals surface area contributed by atoms with E-state index in [1.807, 2.05) is 6.92 Å². The second-order valence-electron chi connectivity index (χ2n) is 8.23. The minimum Gasteiger partial charge on any atom is -0.494 e. The van der Waals surface area contributed by atoms with Crippen molar-refractivity contribution in [3.05, 3.63) is 54.3 Å². The highest BCUT2D eigenvalue weighted by molar-refractivity contribution is 7.92. The third-order valence-corrected chi connectivity index (χ3v) is 7.46. The topological polar surface area (TPSA) is 84.9 Å². The molecule has 0 radical (unpaired) electrons. The number of hydrogen-bond donors (Lipinski definition) is 1. The van der Waals surface area contributed by atoms with Crippen molar-refractivity contribution in [2.45, 2.75) is 56.4 Å². The van der Waals surface area contributed by atoms with Gasteiger partial charge in [0, 0.05) is 13.2 Å². The molecule has 0 aromatic heterocycles. The Morgan fingerprint density at radius 2 is 1.74 bits per heavy atom. The summed E-state index contributed by atoms with van der Waals surface area (Å²) < 4.78 is 52.4. The van der Waals surface area contributed by atoms with Gasteiger partial charge in [-0.25, -0.2) is 12.8 Å². The normalized spacial score (nSPS) is 14.5. The number of rotatable bonds is 12. The van der Waals surface area contributed by atoms with Crippen LogP contribution in [-0.2, 0) is 19.6 Å². The first-order valence-electron chi connectivity index (χ1n) is 11.8. The number of benzene rings is 2. The van der Waals surface area contributed by atoms with Crippen LogP contribution < -0.4 is 14.4 Å². The van der Waals surface area contributed by atoms with E-state index < -0.39 is 28.3 Å². The molecule has 0 bridgehead atoms. The van der Waals surface area contributed by atoms with Crippen LogP contribution in [0.2, 0.25) is 0 Å². The zero-order chi connectivity index (χ0) is 24.4. The molecule has 1 aliphatic rings. The van der Waals surface area contributed by atoms with Crippen molar-refractivity contribution in [1.82, 2.24) is 5.32 Å². The number of ether oxygens (including phenoxy) is 2. The van der Waals surface area contributed by atoms with Crippen LogP contribution in [0.3, 0.4) is 0 Å². The van der Waals surface area contributed by atoms with E-state index in [1.54, 1.807) is 12.1 Å². The molecule has 0 atom stereocenters. The van der Waals surface area contributed by atoms with Gasteiger partial charge >= 0.3 is 0 Å². The molecule has 0 unspecified atom stereocenters. The van der Waals surface area contributed by atoms with Gasteiger partial charge < -0.3 is 14.8 Å². The highest BCUT2D eigenvalue weighted by Gasteiger charge is 2.27. The highest BCUT2D eigenvalue weighted by Crippen LogP contribution is 2.25. The van der Waals surface area contributed by atoms with E-state index >= 15 is 0 Å². The monoisotopic (exact) mass is 492 g/mol. The highest BCUT2D eigenvalue weighted by atomic mass is 32.2. The van der Waals surface area contributed by atoms with Gasteiger partial charge in [-0.15, -0.1) is 0 Å². The van der Waals surface area contributed by atoms with Crippen molar-refractivity contribution in [3.8, 4) is 5.75 Å². The Morgan fingerprint density at radius 3 is 2.38 bits per heavy atom. The van der Waals surface area contributed by atoms with Gasteiger partial charge in [-0.1, -0.05) is 19.3 Å². The van der Waals surface area contributed by atoms with E-state index in [1.165, 1.54) is 43.5 Å². The molecule has 0 saturated heterocycles. The summed E-state index contributed by atoms with van der Waals surface area (Å²) in [6, 6.07) is 11.0. The third-order valence-electron chi connectivity index (χ3n) is 5.67. The van der Waals surface area contributed by atoms with Gasteiger partial charge in [-0.05, 0) is 74.7 Å². The predicted molar refractivity (Wildman–Crippen MR) is 129 cm³/mol. The van der Waals surface area contributed by atoms with Gasteiger partial charge in [0.2, 0.25) is 5.91 Å². The van der Waals surface area contributed by atoms with Crippen LogP contribution in [0.15, 0.2) is 53.4 Å². The number of anilines is 1. The number of nitrogens with zero attached hydrogens (tertiary/aromatic N) is 1. The smallest absolute Gasteiger partial charge is 0.264 e. The fourth-order valence-corrected chi connectivity index (χ4v) is 5.31. The molecule has 3 rings (SSSR count). The van der Waals surface area contributed by atoms with Crippen LogP contribution in [0.1, 0.15) is 45.4 Å². The van der Waals surface area contributed by atoms with Crippen molar-refractivity contribution in [2.75, 3.05) is 30.6 Å². The fourth-order valence-electron chi connectivity index (χ4n) is 3.89. The summed E-state index contributed by atoms with van der Waals surface area (Å²) in [6.45, 7) is 2.80. The summed E-state index contributed by atoms with van der Waals surface area (Å²) in [4.78, 5) is 12.6. The molecule has 2 aromatic rings. The van der Waals surface area contributed by atoms with Crippen LogP contribution >= 0.6 is 0 Å². The number of amides is 1. The summed E-state index contributed by atoms with van der Waals surface area (Å²) in [6.07, 6.45) is 6.78. The summed E-state index contributed by atoms with van der Waals surface area (Å²) >= 11 is 0. The third kappa shape index (κ3) is 7.43. The number of nitrogens with one attached hydrogen (secondary N) is 1. The summed E-state index contributed by atoms with van der Waals surface area (Å²) in [7, 11) is -4.07. The predicted octanol–water partition coefficient (Wildman–Crippen LogP) is 4.28. The van der Waals surface area contributed by atoms with Crippen LogP contribution in [0, 0.1) is 5.82 Å². The van der Waals surface area contributed by atoms with Crippen molar-refractivity contribution in [3.63, 3.8) is 0 Å². The molecule has 1 aliphatic carbocycles. The van der Waals surface area contributed by atoms with Crippen LogP contribution in [0.4, 0.5) is 10.1 Å². The van der Waals surface area contributed by atoms with Crippen molar-refractivity contribution in [1.29, 1.82) is 0 Å². The Balaban J connectivity index is 1.63. The number of carbonyl (C=O) groups excluding carboxylic acids is 1. The zero-order valence-corrected chi connectivity index (χ0v) is 20.4. The van der Waals surface area contributed by atoms with E-state index in [4.69, 9.17) is 9.47 Å². The Morgan fingerprint density at radius 1 is 1.06 bits per heavy atom.